The molecule has 18 heavy (non-hydrogen) atoms. The van der Waals surface area contributed by atoms with E-state index in [0.29, 0.717) is 16.7 Å². The minimum Gasteiger partial charge on any atom is -0.382 e. The lowest BCUT2D eigenvalue weighted by atomic mass is 10.2. The highest BCUT2D eigenvalue weighted by atomic mass is 32.1. The number of hydrogen-bond donors (Lipinski definition) is 1. The van der Waals surface area contributed by atoms with Gasteiger partial charge in [0.05, 0.1) is 0 Å². The molecule has 0 aromatic carbocycles. The zero-order valence-corrected chi connectivity index (χ0v) is 12.0. The van der Waals surface area contributed by atoms with Gasteiger partial charge in [0, 0.05) is 27.2 Å². The van der Waals surface area contributed by atoms with Crippen molar-refractivity contribution in [2.75, 3.05) is 31.8 Å². The van der Waals surface area contributed by atoms with Crippen LogP contribution in [0.15, 0.2) is 0 Å². The standard InChI is InChI=1S/C12H20N4OS/c1-15(2)12-14-10(13)9(18-12)11(17)16(3)8-6-4-5-7-8/h8H,4-7,13H2,1-3H3. The Morgan fingerprint density at radius 1 is 1.33 bits per heavy atom. The predicted octanol–water partition coefficient (Wildman–Crippen LogP) is 1.81. The van der Waals surface area contributed by atoms with Crippen LogP contribution in [-0.4, -0.2) is 43.0 Å². The van der Waals surface area contributed by atoms with Crippen LogP contribution in [0.1, 0.15) is 35.4 Å². The summed E-state index contributed by atoms with van der Waals surface area (Å²) in [5.74, 6) is 0.351. The van der Waals surface area contributed by atoms with E-state index in [1.54, 1.807) is 0 Å². The number of carbonyl (C=O) groups excluding carboxylic acids is 1. The summed E-state index contributed by atoms with van der Waals surface area (Å²) in [6.45, 7) is 0. The van der Waals surface area contributed by atoms with E-state index >= 15 is 0 Å². The SMILES string of the molecule is CN(C)c1nc(N)c(C(=O)N(C)C2CCCC2)s1. The first-order valence-corrected chi connectivity index (χ1v) is 7.03. The van der Waals surface area contributed by atoms with Gasteiger partial charge in [0.2, 0.25) is 0 Å². The zero-order chi connectivity index (χ0) is 13.3. The molecule has 1 aromatic heterocycles. The first-order chi connectivity index (χ1) is 8.50. The van der Waals surface area contributed by atoms with Gasteiger partial charge >= 0.3 is 0 Å². The number of nitrogens with two attached hydrogens (primary N) is 1. The van der Waals surface area contributed by atoms with Crippen LogP contribution in [0.25, 0.3) is 0 Å². The molecule has 1 aromatic rings. The van der Waals surface area contributed by atoms with Gasteiger partial charge in [0.15, 0.2) is 5.13 Å². The lowest BCUT2D eigenvalue weighted by molar-refractivity contribution is 0.0741. The topological polar surface area (TPSA) is 62.5 Å². The van der Waals surface area contributed by atoms with Crippen molar-refractivity contribution in [3.8, 4) is 0 Å². The van der Waals surface area contributed by atoms with Crippen molar-refractivity contribution in [3.05, 3.63) is 4.88 Å². The molecular formula is C12H20N4OS. The molecule has 0 spiro atoms. The molecule has 1 fully saturated rings. The van der Waals surface area contributed by atoms with Crippen molar-refractivity contribution in [2.24, 2.45) is 0 Å². The highest BCUT2D eigenvalue weighted by molar-refractivity contribution is 7.18. The molecule has 100 valence electrons. The van der Waals surface area contributed by atoms with Crippen LogP contribution in [0, 0.1) is 0 Å². The Morgan fingerprint density at radius 3 is 2.44 bits per heavy atom. The molecule has 0 atom stereocenters. The van der Waals surface area contributed by atoms with Gasteiger partial charge in [-0.15, -0.1) is 0 Å². The number of nitrogen functional groups attached to an aromatic ring is 1. The normalized spacial score (nSPS) is 15.9. The fourth-order valence-electron chi connectivity index (χ4n) is 2.28. The van der Waals surface area contributed by atoms with E-state index in [1.165, 1.54) is 24.2 Å². The van der Waals surface area contributed by atoms with E-state index in [9.17, 15) is 4.79 Å². The van der Waals surface area contributed by atoms with E-state index in [1.807, 2.05) is 30.9 Å². The summed E-state index contributed by atoms with van der Waals surface area (Å²) in [5, 5.41) is 0.774. The molecule has 2 rings (SSSR count). The molecule has 1 heterocycles. The van der Waals surface area contributed by atoms with Crippen molar-refractivity contribution in [2.45, 2.75) is 31.7 Å². The van der Waals surface area contributed by atoms with E-state index < -0.39 is 0 Å². The smallest absolute Gasteiger partial charge is 0.267 e. The number of amides is 1. The van der Waals surface area contributed by atoms with Crippen LogP contribution in [0.4, 0.5) is 10.9 Å². The summed E-state index contributed by atoms with van der Waals surface area (Å²) >= 11 is 1.36. The first-order valence-electron chi connectivity index (χ1n) is 6.21. The highest BCUT2D eigenvalue weighted by Gasteiger charge is 2.27. The van der Waals surface area contributed by atoms with Gasteiger partial charge in [0.25, 0.3) is 5.91 Å². The lowest BCUT2D eigenvalue weighted by Crippen LogP contribution is -2.35. The quantitative estimate of drug-likeness (QED) is 0.908. The fourth-order valence-corrected chi connectivity index (χ4v) is 3.17. The molecule has 0 unspecified atom stereocenters. The maximum Gasteiger partial charge on any atom is 0.267 e. The second kappa shape index (κ2) is 5.14. The molecule has 1 aliphatic rings. The van der Waals surface area contributed by atoms with Crippen LogP contribution in [0.5, 0.6) is 0 Å². The van der Waals surface area contributed by atoms with Gasteiger partial charge < -0.3 is 15.5 Å². The summed E-state index contributed by atoms with van der Waals surface area (Å²) < 4.78 is 0. The molecule has 0 radical (unpaired) electrons. The minimum atomic E-state index is 0.00463. The first kappa shape index (κ1) is 13.1. The Bertz CT molecular complexity index is 437. The molecule has 0 saturated heterocycles. The number of thiazole rings is 1. The Balaban J connectivity index is 2.17. The molecular weight excluding hydrogens is 248 g/mol. The lowest BCUT2D eigenvalue weighted by Gasteiger charge is -2.23. The molecule has 1 aliphatic carbocycles. The number of nitrogens with zero attached hydrogens (tertiary/aromatic N) is 3. The van der Waals surface area contributed by atoms with E-state index in [-0.39, 0.29) is 5.91 Å². The van der Waals surface area contributed by atoms with Crippen molar-refractivity contribution in [1.29, 1.82) is 0 Å². The van der Waals surface area contributed by atoms with Crippen molar-refractivity contribution < 1.29 is 4.79 Å². The average Bonchev–Trinajstić information content (AvgIpc) is 2.95. The number of aromatic nitrogens is 1. The monoisotopic (exact) mass is 268 g/mol. The number of anilines is 2. The van der Waals surface area contributed by atoms with E-state index in [2.05, 4.69) is 4.98 Å². The fraction of sp³-hybridized carbons (Fsp3) is 0.667. The van der Waals surface area contributed by atoms with Crippen molar-refractivity contribution in [3.63, 3.8) is 0 Å². The second-order valence-electron chi connectivity index (χ2n) is 4.96. The molecule has 1 amide bonds. The molecule has 1 saturated carbocycles. The van der Waals surface area contributed by atoms with Gasteiger partial charge in [0.1, 0.15) is 10.7 Å². The Morgan fingerprint density at radius 2 is 1.94 bits per heavy atom. The van der Waals surface area contributed by atoms with Crippen LogP contribution in [0.3, 0.4) is 0 Å². The molecule has 0 aliphatic heterocycles. The number of rotatable bonds is 3. The molecule has 2 N–H and O–H groups in total. The molecule has 5 nitrogen and oxygen atoms in total. The molecule has 6 heteroatoms. The van der Waals surface area contributed by atoms with E-state index in [0.717, 1.165) is 18.0 Å². The Kier molecular flexibility index (Phi) is 3.75. The summed E-state index contributed by atoms with van der Waals surface area (Å²) in [6, 6.07) is 0.363. The third kappa shape index (κ3) is 2.43. The third-order valence-electron chi connectivity index (χ3n) is 3.41. The summed E-state index contributed by atoms with van der Waals surface area (Å²) in [4.78, 5) is 20.9. The molecule has 0 bridgehead atoms. The van der Waals surface area contributed by atoms with Gasteiger partial charge in [-0.2, -0.15) is 0 Å². The van der Waals surface area contributed by atoms with Crippen LogP contribution in [-0.2, 0) is 0 Å². The largest absolute Gasteiger partial charge is 0.382 e. The van der Waals surface area contributed by atoms with Gasteiger partial charge in [-0.3, -0.25) is 4.79 Å². The zero-order valence-electron chi connectivity index (χ0n) is 11.1. The summed E-state index contributed by atoms with van der Waals surface area (Å²) in [6.07, 6.45) is 4.62. The van der Waals surface area contributed by atoms with Crippen molar-refractivity contribution >= 4 is 28.2 Å². The van der Waals surface area contributed by atoms with Crippen molar-refractivity contribution in [1.82, 2.24) is 9.88 Å². The number of hydrogen-bond acceptors (Lipinski definition) is 5. The predicted molar refractivity (Wildman–Crippen MR) is 75.2 cm³/mol. The van der Waals surface area contributed by atoms with Crippen LogP contribution in [0.2, 0.25) is 0 Å². The van der Waals surface area contributed by atoms with Crippen LogP contribution < -0.4 is 10.6 Å². The summed E-state index contributed by atoms with van der Waals surface area (Å²) in [7, 11) is 5.66. The van der Waals surface area contributed by atoms with E-state index in [4.69, 9.17) is 5.73 Å². The summed E-state index contributed by atoms with van der Waals surface area (Å²) in [5.41, 5.74) is 5.84. The average molecular weight is 268 g/mol. The van der Waals surface area contributed by atoms with Gasteiger partial charge in [-0.25, -0.2) is 4.98 Å². The maximum absolute atomic E-state index is 12.4. The minimum absolute atomic E-state index is 0.00463. The second-order valence-corrected chi connectivity index (χ2v) is 5.94. The highest BCUT2D eigenvalue weighted by Crippen LogP contribution is 2.30. The van der Waals surface area contributed by atoms with Crippen LogP contribution >= 0.6 is 11.3 Å². The number of carbonyl (C=O) groups is 1. The van der Waals surface area contributed by atoms with Gasteiger partial charge in [-0.1, -0.05) is 24.2 Å². The van der Waals surface area contributed by atoms with Gasteiger partial charge in [-0.05, 0) is 12.8 Å². The maximum atomic E-state index is 12.4. The Labute approximate surface area is 112 Å². The third-order valence-corrected chi connectivity index (χ3v) is 4.64. The Hall–Kier alpha value is -1.30.